The monoisotopic (exact) mass is 260 g/mol. The molecule has 0 aromatic heterocycles. The first-order chi connectivity index (χ1) is 9.38. The van der Waals surface area contributed by atoms with Crippen molar-refractivity contribution in [3.05, 3.63) is 12.2 Å². The minimum absolute atomic E-state index is 0.929. The van der Waals surface area contributed by atoms with E-state index in [1.165, 1.54) is 71.2 Å². The highest BCUT2D eigenvalue weighted by atomic mass is 15.3. The lowest BCUT2D eigenvalue weighted by atomic mass is 9.93. The van der Waals surface area contributed by atoms with E-state index in [1.807, 2.05) is 0 Å². The van der Waals surface area contributed by atoms with E-state index in [9.17, 15) is 0 Å². The first-order valence-corrected chi connectivity index (χ1v) is 8.53. The predicted octanol–water partition coefficient (Wildman–Crippen LogP) is 2.76. The molecule has 1 heterocycles. The standard InChI is InChI=1S/C17H28N2/c1-2-4-17(3-1)19-9-7-18(8-10-19)13-16-12-14-5-6-15(16)11-14/h5-6,14-17H,1-4,7-13H2/t14-,15-,16-/m0/s1. The Labute approximate surface area is 117 Å². The van der Waals surface area contributed by atoms with Gasteiger partial charge >= 0.3 is 0 Å². The van der Waals surface area contributed by atoms with Gasteiger partial charge in [-0.1, -0.05) is 25.0 Å². The van der Waals surface area contributed by atoms with Gasteiger partial charge in [0, 0.05) is 38.8 Å². The van der Waals surface area contributed by atoms with Gasteiger partial charge in [-0.2, -0.15) is 0 Å². The van der Waals surface area contributed by atoms with Gasteiger partial charge in [-0.25, -0.2) is 0 Å². The molecule has 0 radical (unpaired) electrons. The fraction of sp³-hybridized carbons (Fsp3) is 0.882. The van der Waals surface area contributed by atoms with E-state index < -0.39 is 0 Å². The summed E-state index contributed by atoms with van der Waals surface area (Å²) in [5, 5.41) is 0. The molecule has 0 spiro atoms. The third-order valence-corrected chi connectivity index (χ3v) is 6.16. The molecule has 2 nitrogen and oxygen atoms in total. The minimum atomic E-state index is 0.929. The maximum absolute atomic E-state index is 2.78. The summed E-state index contributed by atoms with van der Waals surface area (Å²) in [6.07, 6.45) is 13.8. The van der Waals surface area contributed by atoms with Crippen LogP contribution in [0.15, 0.2) is 12.2 Å². The molecule has 4 aliphatic rings. The second kappa shape index (κ2) is 5.21. The van der Waals surface area contributed by atoms with Crippen molar-refractivity contribution in [3.63, 3.8) is 0 Å². The zero-order valence-electron chi connectivity index (χ0n) is 12.1. The fourth-order valence-corrected chi connectivity index (χ4v) is 5.02. The van der Waals surface area contributed by atoms with Gasteiger partial charge in [-0.05, 0) is 43.4 Å². The van der Waals surface area contributed by atoms with Crippen molar-refractivity contribution in [3.8, 4) is 0 Å². The van der Waals surface area contributed by atoms with Gasteiger partial charge in [-0.15, -0.1) is 0 Å². The van der Waals surface area contributed by atoms with Gasteiger partial charge in [0.15, 0.2) is 0 Å². The number of hydrogen-bond acceptors (Lipinski definition) is 2. The SMILES string of the molecule is C1=C[C@H]2C[C@H]1C[C@H]2CN1CCN(C2CCCC2)CC1. The molecule has 3 aliphatic carbocycles. The molecule has 1 saturated heterocycles. The van der Waals surface area contributed by atoms with Crippen LogP contribution in [0.3, 0.4) is 0 Å². The molecule has 0 unspecified atom stereocenters. The highest BCUT2D eigenvalue weighted by Gasteiger charge is 2.37. The van der Waals surface area contributed by atoms with Gasteiger partial charge in [0.25, 0.3) is 0 Å². The van der Waals surface area contributed by atoms with Crippen LogP contribution in [0, 0.1) is 17.8 Å². The van der Waals surface area contributed by atoms with Crippen LogP contribution in [0.2, 0.25) is 0 Å². The maximum Gasteiger partial charge on any atom is 0.0113 e. The molecule has 0 amide bonds. The molecule has 0 N–H and O–H groups in total. The molecule has 2 bridgehead atoms. The molecule has 0 aromatic rings. The topological polar surface area (TPSA) is 6.48 Å². The summed E-state index contributed by atoms with van der Waals surface area (Å²) >= 11 is 0. The third kappa shape index (κ3) is 2.50. The van der Waals surface area contributed by atoms with Gasteiger partial charge in [0.05, 0.1) is 0 Å². The Kier molecular flexibility index (Phi) is 3.40. The van der Waals surface area contributed by atoms with Crippen molar-refractivity contribution in [1.82, 2.24) is 9.80 Å². The van der Waals surface area contributed by atoms with E-state index in [0.29, 0.717) is 0 Å². The van der Waals surface area contributed by atoms with E-state index >= 15 is 0 Å². The van der Waals surface area contributed by atoms with Gasteiger partial charge in [-0.3, -0.25) is 4.90 Å². The van der Waals surface area contributed by atoms with E-state index in [0.717, 1.165) is 23.8 Å². The van der Waals surface area contributed by atoms with Crippen LogP contribution in [0.25, 0.3) is 0 Å². The predicted molar refractivity (Wildman–Crippen MR) is 79.1 cm³/mol. The highest BCUT2D eigenvalue weighted by molar-refractivity contribution is 5.10. The van der Waals surface area contributed by atoms with E-state index in [2.05, 4.69) is 22.0 Å². The molecule has 0 aromatic carbocycles. The molecule has 1 aliphatic heterocycles. The molecule has 19 heavy (non-hydrogen) atoms. The van der Waals surface area contributed by atoms with Crippen molar-refractivity contribution in [2.75, 3.05) is 32.7 Å². The van der Waals surface area contributed by atoms with Crippen LogP contribution in [-0.4, -0.2) is 48.6 Å². The number of piperazine rings is 1. The lowest BCUT2D eigenvalue weighted by Gasteiger charge is -2.39. The van der Waals surface area contributed by atoms with Crippen LogP contribution in [0.4, 0.5) is 0 Å². The molecule has 3 atom stereocenters. The van der Waals surface area contributed by atoms with Crippen molar-refractivity contribution in [2.45, 2.75) is 44.6 Å². The molecule has 2 heteroatoms. The van der Waals surface area contributed by atoms with Crippen molar-refractivity contribution >= 4 is 0 Å². The van der Waals surface area contributed by atoms with E-state index in [4.69, 9.17) is 0 Å². The zero-order valence-corrected chi connectivity index (χ0v) is 12.1. The minimum Gasteiger partial charge on any atom is -0.300 e. The summed E-state index contributed by atoms with van der Waals surface area (Å²) in [5.74, 6) is 2.85. The Morgan fingerprint density at radius 1 is 0.895 bits per heavy atom. The first-order valence-electron chi connectivity index (χ1n) is 8.53. The Hall–Kier alpha value is -0.340. The second-order valence-corrected chi connectivity index (χ2v) is 7.32. The lowest BCUT2D eigenvalue weighted by molar-refractivity contribution is 0.0845. The molecular weight excluding hydrogens is 232 g/mol. The summed E-state index contributed by atoms with van der Waals surface area (Å²) in [6.45, 7) is 6.70. The lowest BCUT2D eigenvalue weighted by Crippen LogP contribution is -2.50. The van der Waals surface area contributed by atoms with Crippen LogP contribution in [-0.2, 0) is 0 Å². The van der Waals surface area contributed by atoms with Crippen LogP contribution in [0.1, 0.15) is 38.5 Å². The largest absolute Gasteiger partial charge is 0.300 e. The average molecular weight is 260 g/mol. The Morgan fingerprint density at radius 2 is 1.68 bits per heavy atom. The van der Waals surface area contributed by atoms with Crippen LogP contribution < -0.4 is 0 Å². The van der Waals surface area contributed by atoms with Crippen molar-refractivity contribution in [2.24, 2.45) is 17.8 Å². The normalized spacial score (nSPS) is 40.5. The zero-order chi connectivity index (χ0) is 12.7. The fourth-order valence-electron chi connectivity index (χ4n) is 5.02. The summed E-state index contributed by atoms with van der Waals surface area (Å²) in [7, 11) is 0. The first kappa shape index (κ1) is 12.4. The van der Waals surface area contributed by atoms with Gasteiger partial charge in [0.2, 0.25) is 0 Å². The quantitative estimate of drug-likeness (QED) is 0.720. The third-order valence-electron chi connectivity index (χ3n) is 6.16. The average Bonchev–Trinajstić information content (AvgIpc) is 3.17. The Bertz CT molecular complexity index is 337. The number of allylic oxidation sites excluding steroid dienone is 2. The van der Waals surface area contributed by atoms with E-state index in [-0.39, 0.29) is 0 Å². The molecule has 2 saturated carbocycles. The van der Waals surface area contributed by atoms with Crippen LogP contribution in [0.5, 0.6) is 0 Å². The number of hydrogen-bond donors (Lipinski definition) is 0. The summed E-state index contributed by atoms with van der Waals surface area (Å²) in [5.41, 5.74) is 0. The van der Waals surface area contributed by atoms with Crippen molar-refractivity contribution in [1.29, 1.82) is 0 Å². The van der Waals surface area contributed by atoms with Gasteiger partial charge < -0.3 is 4.90 Å². The highest BCUT2D eigenvalue weighted by Crippen LogP contribution is 2.43. The summed E-state index contributed by atoms with van der Waals surface area (Å²) < 4.78 is 0. The smallest absolute Gasteiger partial charge is 0.0113 e. The Balaban J connectivity index is 1.25. The van der Waals surface area contributed by atoms with E-state index in [1.54, 1.807) is 0 Å². The molecule has 4 rings (SSSR count). The number of fused-ring (bicyclic) bond motifs is 2. The molecule has 3 fully saturated rings. The van der Waals surface area contributed by atoms with Crippen LogP contribution >= 0.6 is 0 Å². The number of nitrogens with zero attached hydrogens (tertiary/aromatic N) is 2. The maximum atomic E-state index is 2.78. The second-order valence-electron chi connectivity index (χ2n) is 7.32. The molecular formula is C17H28N2. The van der Waals surface area contributed by atoms with Crippen molar-refractivity contribution < 1.29 is 0 Å². The summed E-state index contributed by atoms with van der Waals surface area (Å²) in [6, 6.07) is 0.938. The Morgan fingerprint density at radius 3 is 2.32 bits per heavy atom. The number of rotatable bonds is 3. The molecule has 106 valence electrons. The summed E-state index contributed by atoms with van der Waals surface area (Å²) in [4.78, 5) is 5.54. The van der Waals surface area contributed by atoms with Gasteiger partial charge in [0.1, 0.15) is 0 Å².